The smallest absolute Gasteiger partial charge is 0.366 e. The van der Waals surface area contributed by atoms with Crippen molar-refractivity contribution in [3.8, 4) is 0 Å². The molecular formula is C12H11F3N2O2. The highest BCUT2D eigenvalue weighted by molar-refractivity contribution is 5.93. The van der Waals surface area contributed by atoms with E-state index in [9.17, 15) is 22.8 Å². The van der Waals surface area contributed by atoms with Crippen LogP contribution in [0.25, 0.3) is 0 Å². The number of rotatable bonds is 2. The van der Waals surface area contributed by atoms with E-state index < -0.39 is 24.0 Å². The van der Waals surface area contributed by atoms with Crippen LogP contribution in [0.15, 0.2) is 18.2 Å². The molecule has 2 rings (SSSR count). The van der Waals surface area contributed by atoms with Gasteiger partial charge in [0.1, 0.15) is 0 Å². The van der Waals surface area contributed by atoms with Crippen molar-refractivity contribution in [2.24, 2.45) is 5.73 Å². The number of alkyl halides is 3. The summed E-state index contributed by atoms with van der Waals surface area (Å²) in [6.07, 6.45) is -4.02. The van der Waals surface area contributed by atoms with Crippen LogP contribution in [0, 0.1) is 0 Å². The van der Waals surface area contributed by atoms with E-state index in [1.807, 2.05) is 5.32 Å². The molecule has 0 heterocycles. The average Bonchev–Trinajstić information content (AvgIpc) is 2.70. The lowest BCUT2D eigenvalue weighted by molar-refractivity contribution is -0.174. The Balaban J connectivity index is 2.19. The second kappa shape index (κ2) is 4.56. The topological polar surface area (TPSA) is 72.2 Å². The molecular weight excluding hydrogens is 261 g/mol. The SMILES string of the molecule is NC(=O)c1ccc2c(c1)CC[C@@H]2NC(=O)C(F)(F)F. The first kappa shape index (κ1) is 13.4. The summed E-state index contributed by atoms with van der Waals surface area (Å²) < 4.78 is 36.5. The van der Waals surface area contributed by atoms with Crippen LogP contribution in [0.5, 0.6) is 0 Å². The van der Waals surface area contributed by atoms with Gasteiger partial charge in [-0.3, -0.25) is 9.59 Å². The molecule has 19 heavy (non-hydrogen) atoms. The Kier molecular flexibility index (Phi) is 3.21. The Morgan fingerprint density at radius 1 is 1.32 bits per heavy atom. The lowest BCUT2D eigenvalue weighted by Crippen LogP contribution is -2.38. The minimum Gasteiger partial charge on any atom is -0.366 e. The molecule has 0 spiro atoms. The van der Waals surface area contributed by atoms with Gasteiger partial charge in [0, 0.05) is 5.56 Å². The fourth-order valence-electron chi connectivity index (χ4n) is 2.16. The van der Waals surface area contributed by atoms with Gasteiger partial charge in [-0.05, 0) is 36.1 Å². The first-order chi connectivity index (χ1) is 8.79. The lowest BCUT2D eigenvalue weighted by atomic mass is 10.0. The van der Waals surface area contributed by atoms with Crippen molar-refractivity contribution in [1.29, 1.82) is 0 Å². The monoisotopic (exact) mass is 272 g/mol. The maximum atomic E-state index is 12.2. The highest BCUT2D eigenvalue weighted by atomic mass is 19.4. The number of carbonyl (C=O) groups excluding carboxylic acids is 2. The highest BCUT2D eigenvalue weighted by Gasteiger charge is 2.40. The fourth-order valence-corrected chi connectivity index (χ4v) is 2.16. The molecule has 1 aliphatic rings. The van der Waals surface area contributed by atoms with Gasteiger partial charge in [0.05, 0.1) is 6.04 Å². The number of nitrogens with one attached hydrogen (secondary N) is 1. The zero-order chi connectivity index (χ0) is 14.2. The first-order valence-electron chi connectivity index (χ1n) is 5.59. The van der Waals surface area contributed by atoms with Crippen molar-refractivity contribution in [1.82, 2.24) is 5.32 Å². The van der Waals surface area contributed by atoms with Gasteiger partial charge in [0.25, 0.3) is 0 Å². The van der Waals surface area contributed by atoms with Crippen molar-refractivity contribution < 1.29 is 22.8 Å². The van der Waals surface area contributed by atoms with Crippen LogP contribution in [0.4, 0.5) is 13.2 Å². The van der Waals surface area contributed by atoms with Crippen molar-refractivity contribution in [2.45, 2.75) is 25.1 Å². The van der Waals surface area contributed by atoms with Crippen LogP contribution >= 0.6 is 0 Å². The van der Waals surface area contributed by atoms with E-state index in [2.05, 4.69) is 0 Å². The molecule has 4 nitrogen and oxygen atoms in total. The number of amides is 2. The van der Waals surface area contributed by atoms with E-state index in [0.29, 0.717) is 24.0 Å². The van der Waals surface area contributed by atoms with E-state index in [4.69, 9.17) is 5.73 Å². The molecule has 1 atom stereocenters. The number of nitrogens with two attached hydrogens (primary N) is 1. The quantitative estimate of drug-likeness (QED) is 0.855. The van der Waals surface area contributed by atoms with E-state index >= 15 is 0 Å². The minimum absolute atomic E-state index is 0.307. The van der Waals surface area contributed by atoms with Gasteiger partial charge >= 0.3 is 12.1 Å². The van der Waals surface area contributed by atoms with Gasteiger partial charge in [-0.15, -0.1) is 0 Å². The normalized spacial score (nSPS) is 17.9. The van der Waals surface area contributed by atoms with Crippen LogP contribution in [0.1, 0.15) is 33.9 Å². The van der Waals surface area contributed by atoms with Gasteiger partial charge in [-0.25, -0.2) is 0 Å². The molecule has 0 aliphatic heterocycles. The number of hydrogen-bond donors (Lipinski definition) is 2. The molecule has 0 fully saturated rings. The van der Waals surface area contributed by atoms with Crippen LogP contribution < -0.4 is 11.1 Å². The van der Waals surface area contributed by atoms with Crippen molar-refractivity contribution in [2.75, 3.05) is 0 Å². The minimum atomic E-state index is -4.89. The zero-order valence-electron chi connectivity index (χ0n) is 9.75. The average molecular weight is 272 g/mol. The third-order valence-electron chi connectivity index (χ3n) is 3.07. The molecule has 0 aromatic heterocycles. The number of hydrogen-bond acceptors (Lipinski definition) is 2. The molecule has 3 N–H and O–H groups in total. The predicted molar refractivity (Wildman–Crippen MR) is 60.2 cm³/mol. The Hall–Kier alpha value is -2.05. The molecule has 0 bridgehead atoms. The molecule has 0 radical (unpaired) electrons. The standard InChI is InChI=1S/C12H11F3N2O2/c13-12(14,15)11(19)17-9-4-2-6-5-7(10(16)18)1-3-8(6)9/h1,3,5,9H,2,4H2,(H2,16,18)(H,17,19)/t9-/m0/s1. The third kappa shape index (κ3) is 2.69. The molecule has 1 aromatic rings. The third-order valence-corrected chi connectivity index (χ3v) is 3.07. The number of primary amides is 1. The van der Waals surface area contributed by atoms with Gasteiger partial charge < -0.3 is 11.1 Å². The summed E-state index contributed by atoms with van der Waals surface area (Å²) in [5.41, 5.74) is 6.77. The van der Waals surface area contributed by atoms with Gasteiger partial charge in [-0.2, -0.15) is 13.2 Å². The highest BCUT2D eigenvalue weighted by Crippen LogP contribution is 2.32. The Bertz CT molecular complexity index is 540. The maximum Gasteiger partial charge on any atom is 0.471 e. The second-order valence-corrected chi connectivity index (χ2v) is 4.34. The summed E-state index contributed by atoms with van der Waals surface area (Å²) in [6.45, 7) is 0. The Morgan fingerprint density at radius 2 is 2.00 bits per heavy atom. The number of fused-ring (bicyclic) bond motifs is 1. The predicted octanol–water partition coefficient (Wildman–Crippen LogP) is 1.45. The van der Waals surface area contributed by atoms with Gasteiger partial charge in [0.2, 0.25) is 5.91 Å². The molecule has 0 saturated carbocycles. The molecule has 1 aromatic carbocycles. The van der Waals surface area contributed by atoms with E-state index in [0.717, 1.165) is 5.56 Å². The second-order valence-electron chi connectivity index (χ2n) is 4.34. The summed E-state index contributed by atoms with van der Waals surface area (Å²) in [5.74, 6) is -2.55. The van der Waals surface area contributed by atoms with Crippen LogP contribution in [-0.4, -0.2) is 18.0 Å². The van der Waals surface area contributed by atoms with Crippen LogP contribution in [-0.2, 0) is 11.2 Å². The molecule has 102 valence electrons. The summed E-state index contributed by atoms with van der Waals surface area (Å²) in [7, 11) is 0. The molecule has 0 saturated heterocycles. The van der Waals surface area contributed by atoms with E-state index in [-0.39, 0.29) is 0 Å². The van der Waals surface area contributed by atoms with E-state index in [1.54, 1.807) is 6.07 Å². The van der Waals surface area contributed by atoms with Crippen molar-refractivity contribution in [3.63, 3.8) is 0 Å². The first-order valence-corrected chi connectivity index (χ1v) is 5.59. The maximum absolute atomic E-state index is 12.2. The molecule has 2 amide bonds. The molecule has 7 heteroatoms. The lowest BCUT2D eigenvalue weighted by Gasteiger charge is -2.15. The fraction of sp³-hybridized carbons (Fsp3) is 0.333. The number of carbonyl (C=O) groups is 2. The van der Waals surface area contributed by atoms with Crippen LogP contribution in [0.2, 0.25) is 0 Å². The number of aryl methyl sites for hydroxylation is 1. The van der Waals surface area contributed by atoms with Crippen molar-refractivity contribution in [3.05, 3.63) is 34.9 Å². The Morgan fingerprint density at radius 3 is 2.58 bits per heavy atom. The Labute approximate surface area is 106 Å². The number of benzene rings is 1. The number of halogens is 3. The van der Waals surface area contributed by atoms with Gasteiger partial charge in [0.15, 0.2) is 0 Å². The van der Waals surface area contributed by atoms with Crippen LogP contribution in [0.3, 0.4) is 0 Å². The van der Waals surface area contributed by atoms with E-state index in [1.165, 1.54) is 12.1 Å². The largest absolute Gasteiger partial charge is 0.471 e. The zero-order valence-corrected chi connectivity index (χ0v) is 9.75. The van der Waals surface area contributed by atoms with Gasteiger partial charge in [-0.1, -0.05) is 6.07 Å². The summed E-state index contributed by atoms with van der Waals surface area (Å²) in [4.78, 5) is 21.9. The molecule has 0 unspecified atom stereocenters. The summed E-state index contributed by atoms with van der Waals surface area (Å²) in [5, 5.41) is 1.94. The summed E-state index contributed by atoms with van der Waals surface area (Å²) >= 11 is 0. The molecule has 1 aliphatic carbocycles. The summed E-state index contributed by atoms with van der Waals surface area (Å²) in [6, 6.07) is 3.85. The van der Waals surface area contributed by atoms with Crippen molar-refractivity contribution >= 4 is 11.8 Å².